The van der Waals surface area contributed by atoms with Gasteiger partial charge in [-0.05, 0) is 49.6 Å². The molecule has 18 heavy (non-hydrogen) atoms. The molecule has 0 radical (unpaired) electrons. The summed E-state index contributed by atoms with van der Waals surface area (Å²) in [5.41, 5.74) is 8.36. The number of nitrogens with two attached hydrogens (primary N) is 1. The van der Waals surface area contributed by atoms with Crippen molar-refractivity contribution >= 4 is 21.6 Å². The summed E-state index contributed by atoms with van der Waals surface area (Å²) in [5, 5.41) is 0. The van der Waals surface area contributed by atoms with E-state index in [4.69, 9.17) is 10.5 Å². The van der Waals surface area contributed by atoms with Crippen LogP contribution in [0.1, 0.15) is 18.4 Å². The minimum Gasteiger partial charge on any atom is -0.383 e. The molecule has 2 N–H and O–H groups in total. The summed E-state index contributed by atoms with van der Waals surface area (Å²) in [6, 6.07) is 7.18. The van der Waals surface area contributed by atoms with Crippen molar-refractivity contribution in [1.29, 1.82) is 0 Å². The first-order valence-electron chi connectivity index (χ1n) is 6.50. The molecule has 1 aliphatic rings. The van der Waals surface area contributed by atoms with Gasteiger partial charge in [-0.3, -0.25) is 0 Å². The van der Waals surface area contributed by atoms with E-state index in [0.717, 1.165) is 24.0 Å². The first-order valence-corrected chi connectivity index (χ1v) is 7.29. The maximum Gasteiger partial charge on any atom is 0.0637 e. The van der Waals surface area contributed by atoms with Crippen LogP contribution in [-0.4, -0.2) is 32.8 Å². The molecule has 0 aromatic heterocycles. The highest BCUT2D eigenvalue weighted by molar-refractivity contribution is 9.10. The standard InChI is InChI=1S/C14H21BrN2O/c1-18-9-8-17(13-3-4-13)14-5-2-12(15)10-11(14)6-7-16/h2,5,10,13H,3-4,6-9,16H2,1H3. The third-order valence-electron chi connectivity index (χ3n) is 3.29. The van der Waals surface area contributed by atoms with Crippen molar-refractivity contribution in [3.8, 4) is 0 Å². The first kappa shape index (κ1) is 13.8. The zero-order chi connectivity index (χ0) is 13.0. The molecular weight excluding hydrogens is 292 g/mol. The molecule has 3 nitrogen and oxygen atoms in total. The molecule has 100 valence electrons. The lowest BCUT2D eigenvalue weighted by molar-refractivity contribution is 0.205. The molecule has 0 unspecified atom stereocenters. The van der Waals surface area contributed by atoms with Crippen molar-refractivity contribution in [2.75, 3.05) is 31.7 Å². The Hall–Kier alpha value is -0.580. The summed E-state index contributed by atoms with van der Waals surface area (Å²) in [4.78, 5) is 2.47. The zero-order valence-corrected chi connectivity index (χ0v) is 12.4. The van der Waals surface area contributed by atoms with Gasteiger partial charge in [-0.1, -0.05) is 15.9 Å². The van der Waals surface area contributed by atoms with Crippen molar-refractivity contribution in [3.05, 3.63) is 28.2 Å². The van der Waals surface area contributed by atoms with E-state index in [2.05, 4.69) is 39.0 Å². The average Bonchev–Trinajstić information content (AvgIpc) is 3.17. The van der Waals surface area contributed by atoms with Crippen LogP contribution in [0.15, 0.2) is 22.7 Å². The van der Waals surface area contributed by atoms with Crippen LogP contribution >= 0.6 is 15.9 Å². The monoisotopic (exact) mass is 312 g/mol. The fourth-order valence-electron chi connectivity index (χ4n) is 2.27. The number of halogens is 1. The van der Waals surface area contributed by atoms with E-state index in [1.807, 2.05) is 0 Å². The molecule has 0 spiro atoms. The fraction of sp³-hybridized carbons (Fsp3) is 0.571. The van der Waals surface area contributed by atoms with Crippen LogP contribution in [0.4, 0.5) is 5.69 Å². The second-order valence-electron chi connectivity index (χ2n) is 4.73. The maximum atomic E-state index is 5.71. The van der Waals surface area contributed by atoms with E-state index in [1.54, 1.807) is 7.11 Å². The van der Waals surface area contributed by atoms with Gasteiger partial charge in [0.25, 0.3) is 0 Å². The normalized spacial score (nSPS) is 14.8. The summed E-state index contributed by atoms with van der Waals surface area (Å²) in [5.74, 6) is 0. The molecule has 1 aromatic rings. The van der Waals surface area contributed by atoms with Crippen LogP contribution in [0.5, 0.6) is 0 Å². The number of anilines is 1. The number of methoxy groups -OCH3 is 1. The van der Waals surface area contributed by atoms with Crippen LogP contribution in [0.2, 0.25) is 0 Å². The van der Waals surface area contributed by atoms with Gasteiger partial charge in [0, 0.05) is 29.9 Å². The highest BCUT2D eigenvalue weighted by atomic mass is 79.9. The molecule has 0 amide bonds. The van der Waals surface area contributed by atoms with Crippen molar-refractivity contribution in [2.45, 2.75) is 25.3 Å². The van der Waals surface area contributed by atoms with Gasteiger partial charge >= 0.3 is 0 Å². The smallest absolute Gasteiger partial charge is 0.0637 e. The number of ether oxygens (including phenoxy) is 1. The lowest BCUT2D eigenvalue weighted by Crippen LogP contribution is -2.30. The Kier molecular flexibility index (Phi) is 5.03. The van der Waals surface area contributed by atoms with E-state index in [0.29, 0.717) is 12.6 Å². The molecule has 1 aromatic carbocycles. The number of hydrogen-bond donors (Lipinski definition) is 1. The van der Waals surface area contributed by atoms with E-state index in [1.165, 1.54) is 24.1 Å². The number of hydrogen-bond acceptors (Lipinski definition) is 3. The summed E-state index contributed by atoms with van der Waals surface area (Å²) in [7, 11) is 1.76. The van der Waals surface area contributed by atoms with Gasteiger partial charge in [0.15, 0.2) is 0 Å². The molecule has 2 rings (SSSR count). The van der Waals surface area contributed by atoms with Crippen molar-refractivity contribution in [3.63, 3.8) is 0 Å². The first-order chi connectivity index (χ1) is 8.76. The van der Waals surface area contributed by atoms with E-state index in [9.17, 15) is 0 Å². The van der Waals surface area contributed by atoms with Crippen LogP contribution in [-0.2, 0) is 11.2 Å². The molecule has 0 saturated heterocycles. The van der Waals surface area contributed by atoms with Crippen LogP contribution in [0.25, 0.3) is 0 Å². The third-order valence-corrected chi connectivity index (χ3v) is 3.78. The summed E-state index contributed by atoms with van der Waals surface area (Å²) in [6.45, 7) is 2.42. The Morgan fingerprint density at radius 3 is 2.83 bits per heavy atom. The second-order valence-corrected chi connectivity index (χ2v) is 5.64. The molecule has 1 aliphatic carbocycles. The lowest BCUT2D eigenvalue weighted by atomic mass is 10.1. The topological polar surface area (TPSA) is 38.5 Å². The fourth-order valence-corrected chi connectivity index (χ4v) is 2.67. The minimum absolute atomic E-state index is 0.687. The largest absolute Gasteiger partial charge is 0.383 e. The Labute approximate surface area is 117 Å². The van der Waals surface area contributed by atoms with Crippen LogP contribution in [0.3, 0.4) is 0 Å². The summed E-state index contributed by atoms with van der Waals surface area (Å²) < 4.78 is 6.34. The number of nitrogens with zero attached hydrogens (tertiary/aromatic N) is 1. The Bertz CT molecular complexity index is 393. The second kappa shape index (κ2) is 6.55. The van der Waals surface area contributed by atoms with E-state index < -0.39 is 0 Å². The summed E-state index contributed by atoms with van der Waals surface area (Å²) in [6.07, 6.45) is 3.51. The quantitative estimate of drug-likeness (QED) is 0.841. The van der Waals surface area contributed by atoms with Gasteiger partial charge < -0.3 is 15.4 Å². The molecule has 1 saturated carbocycles. The molecule has 1 fully saturated rings. The van der Waals surface area contributed by atoms with Crippen LogP contribution in [0, 0.1) is 0 Å². The maximum absolute atomic E-state index is 5.71. The Balaban J connectivity index is 2.21. The molecule has 0 heterocycles. The molecule has 0 bridgehead atoms. The highest BCUT2D eigenvalue weighted by Gasteiger charge is 2.30. The highest BCUT2D eigenvalue weighted by Crippen LogP contribution is 2.34. The summed E-state index contributed by atoms with van der Waals surface area (Å²) >= 11 is 3.54. The minimum atomic E-state index is 0.687. The number of rotatable bonds is 7. The average molecular weight is 313 g/mol. The van der Waals surface area contributed by atoms with Crippen molar-refractivity contribution < 1.29 is 4.74 Å². The predicted octanol–water partition coefficient (Wildman–Crippen LogP) is 2.57. The van der Waals surface area contributed by atoms with Crippen molar-refractivity contribution in [1.82, 2.24) is 0 Å². The predicted molar refractivity (Wildman–Crippen MR) is 79.1 cm³/mol. The van der Waals surface area contributed by atoms with Gasteiger partial charge in [0.1, 0.15) is 0 Å². The van der Waals surface area contributed by atoms with E-state index >= 15 is 0 Å². The van der Waals surface area contributed by atoms with Gasteiger partial charge in [0.2, 0.25) is 0 Å². The molecule has 0 atom stereocenters. The number of benzene rings is 1. The third kappa shape index (κ3) is 3.46. The Morgan fingerprint density at radius 2 is 2.22 bits per heavy atom. The van der Waals surface area contributed by atoms with Crippen LogP contribution < -0.4 is 10.6 Å². The van der Waals surface area contributed by atoms with Gasteiger partial charge in [-0.15, -0.1) is 0 Å². The SMILES string of the molecule is COCCN(c1ccc(Br)cc1CCN)C1CC1. The van der Waals surface area contributed by atoms with Crippen molar-refractivity contribution in [2.24, 2.45) is 5.73 Å². The van der Waals surface area contributed by atoms with E-state index in [-0.39, 0.29) is 0 Å². The lowest BCUT2D eigenvalue weighted by Gasteiger charge is -2.27. The molecule has 0 aliphatic heterocycles. The van der Waals surface area contributed by atoms with Gasteiger partial charge in [-0.25, -0.2) is 0 Å². The van der Waals surface area contributed by atoms with Gasteiger partial charge in [0.05, 0.1) is 6.61 Å². The molecular formula is C14H21BrN2O. The molecule has 4 heteroatoms. The Morgan fingerprint density at radius 1 is 1.44 bits per heavy atom. The zero-order valence-electron chi connectivity index (χ0n) is 10.9. The van der Waals surface area contributed by atoms with Gasteiger partial charge in [-0.2, -0.15) is 0 Å².